The van der Waals surface area contributed by atoms with Crippen molar-refractivity contribution in [2.24, 2.45) is 5.92 Å². The smallest absolute Gasteiger partial charge is 0.257 e. The summed E-state index contributed by atoms with van der Waals surface area (Å²) in [6.45, 7) is 4.33. The lowest BCUT2D eigenvalue weighted by atomic mass is 10.1. The molecule has 3 rings (SSSR count). The number of hydrogen-bond donors (Lipinski definition) is 0. The third-order valence-electron chi connectivity index (χ3n) is 4.67. The highest BCUT2D eigenvalue weighted by Gasteiger charge is 2.31. The minimum atomic E-state index is 0.00853. The number of hydrogen-bond acceptors (Lipinski definition) is 3. The van der Waals surface area contributed by atoms with Crippen LogP contribution in [0.15, 0.2) is 16.7 Å². The van der Waals surface area contributed by atoms with Crippen LogP contribution < -0.4 is 0 Å². The zero-order chi connectivity index (χ0) is 14.8. The van der Waals surface area contributed by atoms with Crippen LogP contribution in [0, 0.1) is 12.8 Å². The van der Waals surface area contributed by atoms with Gasteiger partial charge in [-0.15, -0.1) is 0 Å². The molecule has 1 aliphatic carbocycles. The molecule has 114 valence electrons. The topological polar surface area (TPSA) is 53.8 Å². The summed E-state index contributed by atoms with van der Waals surface area (Å²) in [5.41, 5.74) is 0.630. The van der Waals surface area contributed by atoms with Gasteiger partial charge in [0, 0.05) is 32.1 Å². The summed E-state index contributed by atoms with van der Waals surface area (Å²) in [7, 11) is 0. The van der Waals surface area contributed by atoms with E-state index in [1.807, 2.05) is 9.80 Å². The first-order chi connectivity index (χ1) is 10.2. The SMILES string of the molecule is Cc1occc1C(=O)N1CCN(C(=O)C2CCCC2)CC1. The molecule has 1 aliphatic heterocycles. The summed E-state index contributed by atoms with van der Waals surface area (Å²) in [5, 5.41) is 0. The first-order valence-electron chi connectivity index (χ1n) is 7.79. The number of carbonyl (C=O) groups excluding carboxylic acids is 2. The molecule has 0 aromatic carbocycles. The van der Waals surface area contributed by atoms with Gasteiger partial charge >= 0.3 is 0 Å². The van der Waals surface area contributed by atoms with E-state index < -0.39 is 0 Å². The van der Waals surface area contributed by atoms with Crippen LogP contribution in [0.25, 0.3) is 0 Å². The molecule has 0 bridgehead atoms. The van der Waals surface area contributed by atoms with E-state index in [-0.39, 0.29) is 11.8 Å². The molecule has 5 heteroatoms. The zero-order valence-corrected chi connectivity index (χ0v) is 12.5. The van der Waals surface area contributed by atoms with E-state index in [2.05, 4.69) is 0 Å². The molecule has 21 heavy (non-hydrogen) atoms. The standard InChI is InChI=1S/C16H22N2O3/c1-12-14(6-11-21-12)16(20)18-9-7-17(8-10-18)15(19)13-4-2-3-5-13/h6,11,13H,2-5,7-10H2,1H3. The molecule has 0 radical (unpaired) electrons. The molecule has 2 fully saturated rings. The van der Waals surface area contributed by atoms with Gasteiger partial charge in [-0.1, -0.05) is 12.8 Å². The van der Waals surface area contributed by atoms with Crippen molar-refractivity contribution >= 4 is 11.8 Å². The van der Waals surface area contributed by atoms with E-state index >= 15 is 0 Å². The average Bonchev–Trinajstić information content (AvgIpc) is 3.17. The molecular weight excluding hydrogens is 268 g/mol. The number of piperazine rings is 1. The Balaban J connectivity index is 1.56. The van der Waals surface area contributed by atoms with E-state index in [4.69, 9.17) is 4.42 Å². The highest BCUT2D eigenvalue weighted by atomic mass is 16.3. The fourth-order valence-corrected chi connectivity index (χ4v) is 3.34. The van der Waals surface area contributed by atoms with E-state index in [9.17, 15) is 9.59 Å². The summed E-state index contributed by atoms with van der Waals surface area (Å²) in [5.74, 6) is 1.18. The van der Waals surface area contributed by atoms with Crippen LogP contribution in [0.3, 0.4) is 0 Å². The van der Waals surface area contributed by atoms with Gasteiger partial charge in [0.25, 0.3) is 5.91 Å². The van der Waals surface area contributed by atoms with Gasteiger partial charge in [0.15, 0.2) is 0 Å². The Labute approximate surface area is 124 Å². The zero-order valence-electron chi connectivity index (χ0n) is 12.5. The summed E-state index contributed by atoms with van der Waals surface area (Å²) in [6, 6.07) is 1.72. The van der Waals surface area contributed by atoms with Gasteiger partial charge in [0.05, 0.1) is 11.8 Å². The molecule has 0 atom stereocenters. The molecule has 2 amide bonds. The van der Waals surface area contributed by atoms with Crippen LogP contribution in [0.2, 0.25) is 0 Å². The number of furan rings is 1. The van der Waals surface area contributed by atoms with Gasteiger partial charge in [-0.25, -0.2) is 0 Å². The Kier molecular flexibility index (Phi) is 3.99. The first-order valence-corrected chi connectivity index (χ1v) is 7.79. The molecule has 1 saturated carbocycles. The van der Waals surface area contributed by atoms with Crippen molar-refractivity contribution < 1.29 is 14.0 Å². The third kappa shape index (κ3) is 2.82. The van der Waals surface area contributed by atoms with E-state index in [1.165, 1.54) is 12.8 Å². The predicted octanol–water partition coefficient (Wildman–Crippen LogP) is 2.06. The second kappa shape index (κ2) is 5.92. The highest BCUT2D eigenvalue weighted by Crippen LogP contribution is 2.27. The lowest BCUT2D eigenvalue weighted by molar-refractivity contribution is -0.136. The number of carbonyl (C=O) groups is 2. The monoisotopic (exact) mass is 290 g/mol. The number of rotatable bonds is 2. The van der Waals surface area contributed by atoms with Crippen molar-refractivity contribution in [3.63, 3.8) is 0 Å². The van der Waals surface area contributed by atoms with Crippen molar-refractivity contribution in [1.82, 2.24) is 9.80 Å². The summed E-state index contributed by atoms with van der Waals surface area (Å²) in [4.78, 5) is 28.5. The second-order valence-corrected chi connectivity index (χ2v) is 5.99. The number of nitrogens with zero attached hydrogens (tertiary/aromatic N) is 2. The van der Waals surface area contributed by atoms with Crippen molar-refractivity contribution in [2.75, 3.05) is 26.2 Å². The Morgan fingerprint density at radius 2 is 1.71 bits per heavy atom. The molecule has 0 unspecified atom stereocenters. The minimum absolute atomic E-state index is 0.00853. The second-order valence-electron chi connectivity index (χ2n) is 5.99. The Hall–Kier alpha value is -1.78. The molecule has 2 aliphatic rings. The summed E-state index contributed by atoms with van der Waals surface area (Å²) < 4.78 is 5.19. The average molecular weight is 290 g/mol. The maximum Gasteiger partial charge on any atom is 0.257 e. The fourth-order valence-electron chi connectivity index (χ4n) is 3.34. The Morgan fingerprint density at radius 1 is 1.10 bits per heavy atom. The maximum absolute atomic E-state index is 12.4. The molecule has 5 nitrogen and oxygen atoms in total. The van der Waals surface area contributed by atoms with Gasteiger partial charge in [-0.05, 0) is 25.8 Å². The van der Waals surface area contributed by atoms with Crippen molar-refractivity contribution in [1.29, 1.82) is 0 Å². The molecule has 1 aromatic rings. The summed E-state index contributed by atoms with van der Waals surface area (Å²) in [6.07, 6.45) is 5.96. The third-order valence-corrected chi connectivity index (χ3v) is 4.67. The molecule has 2 heterocycles. The van der Waals surface area contributed by atoms with Crippen LogP contribution in [0.1, 0.15) is 41.8 Å². The van der Waals surface area contributed by atoms with Gasteiger partial charge in [-0.2, -0.15) is 0 Å². The van der Waals surface area contributed by atoms with E-state index in [0.29, 0.717) is 43.4 Å². The van der Waals surface area contributed by atoms with Gasteiger partial charge in [0.2, 0.25) is 5.91 Å². The predicted molar refractivity (Wildman–Crippen MR) is 77.9 cm³/mol. The molecular formula is C16H22N2O3. The minimum Gasteiger partial charge on any atom is -0.469 e. The fraction of sp³-hybridized carbons (Fsp3) is 0.625. The van der Waals surface area contributed by atoms with Crippen LogP contribution in [0.4, 0.5) is 0 Å². The number of aryl methyl sites for hydroxylation is 1. The van der Waals surface area contributed by atoms with Gasteiger partial charge in [-0.3, -0.25) is 9.59 Å². The molecule has 1 aromatic heterocycles. The summed E-state index contributed by atoms with van der Waals surface area (Å²) >= 11 is 0. The normalized spacial score (nSPS) is 20.0. The van der Waals surface area contributed by atoms with Gasteiger partial charge < -0.3 is 14.2 Å². The number of amides is 2. The van der Waals surface area contributed by atoms with Crippen molar-refractivity contribution in [3.05, 3.63) is 23.7 Å². The maximum atomic E-state index is 12.4. The first kappa shape index (κ1) is 14.2. The van der Waals surface area contributed by atoms with E-state index in [0.717, 1.165) is 12.8 Å². The quantitative estimate of drug-likeness (QED) is 0.838. The Morgan fingerprint density at radius 3 is 2.29 bits per heavy atom. The van der Waals surface area contributed by atoms with Crippen LogP contribution in [-0.4, -0.2) is 47.8 Å². The van der Waals surface area contributed by atoms with Crippen LogP contribution >= 0.6 is 0 Å². The highest BCUT2D eigenvalue weighted by molar-refractivity contribution is 5.95. The van der Waals surface area contributed by atoms with Crippen molar-refractivity contribution in [3.8, 4) is 0 Å². The largest absolute Gasteiger partial charge is 0.469 e. The molecule has 0 spiro atoms. The lowest BCUT2D eigenvalue weighted by Crippen LogP contribution is -2.51. The van der Waals surface area contributed by atoms with E-state index in [1.54, 1.807) is 19.3 Å². The van der Waals surface area contributed by atoms with Gasteiger partial charge in [0.1, 0.15) is 5.76 Å². The molecule has 1 saturated heterocycles. The van der Waals surface area contributed by atoms with Crippen molar-refractivity contribution in [2.45, 2.75) is 32.6 Å². The lowest BCUT2D eigenvalue weighted by Gasteiger charge is -2.36. The Bertz CT molecular complexity index is 523. The van der Waals surface area contributed by atoms with Crippen LogP contribution in [-0.2, 0) is 4.79 Å². The molecule has 0 N–H and O–H groups in total. The van der Waals surface area contributed by atoms with Crippen LogP contribution in [0.5, 0.6) is 0 Å².